The normalized spacial score (nSPS) is 18.6. The van der Waals surface area contributed by atoms with Crippen LogP contribution in [0.3, 0.4) is 0 Å². The lowest BCUT2D eigenvalue weighted by molar-refractivity contribution is -0.145. The van der Waals surface area contributed by atoms with Crippen LogP contribution in [0.15, 0.2) is 30.3 Å². The summed E-state index contributed by atoms with van der Waals surface area (Å²) in [5, 5.41) is 21.0. The van der Waals surface area contributed by atoms with Crippen LogP contribution in [-0.2, 0) is 22.2 Å². The molecule has 202 valence electrons. The average Bonchev–Trinajstić information content (AvgIpc) is 2.92. The lowest BCUT2D eigenvalue weighted by atomic mass is 9.96. The van der Waals surface area contributed by atoms with Crippen LogP contribution < -0.4 is 15.1 Å². The Bertz CT molecular complexity index is 1190. The number of halogens is 3. The fraction of sp³-hybridized carbons (Fsp3) is 0.500. The van der Waals surface area contributed by atoms with Crippen molar-refractivity contribution in [3.8, 4) is 6.07 Å². The smallest absolute Gasteiger partial charge is 0.451 e. The van der Waals surface area contributed by atoms with Crippen molar-refractivity contribution in [1.82, 2.24) is 15.3 Å². The van der Waals surface area contributed by atoms with E-state index < -0.39 is 29.8 Å². The summed E-state index contributed by atoms with van der Waals surface area (Å²) < 4.78 is 41.0. The second-order valence-corrected chi connectivity index (χ2v) is 9.64. The third-order valence-corrected chi connectivity index (χ3v) is 7.03. The molecule has 2 aliphatic rings. The molecule has 2 aromatic rings. The Morgan fingerprint density at radius 1 is 1.03 bits per heavy atom. The number of alkyl halides is 3. The summed E-state index contributed by atoms with van der Waals surface area (Å²) >= 11 is 0. The Balaban J connectivity index is 1.42. The van der Waals surface area contributed by atoms with Gasteiger partial charge in [0.15, 0.2) is 0 Å². The molecule has 0 aliphatic carbocycles. The summed E-state index contributed by atoms with van der Waals surface area (Å²) in [4.78, 5) is 35.0. The van der Waals surface area contributed by atoms with Crippen LogP contribution in [0.25, 0.3) is 0 Å². The van der Waals surface area contributed by atoms with Gasteiger partial charge < -0.3 is 20.2 Å². The highest BCUT2D eigenvalue weighted by atomic mass is 19.4. The Morgan fingerprint density at radius 3 is 2.29 bits per heavy atom. The largest absolute Gasteiger partial charge is 0.481 e. The zero-order valence-corrected chi connectivity index (χ0v) is 20.7. The van der Waals surface area contributed by atoms with Gasteiger partial charge in [0, 0.05) is 38.8 Å². The van der Waals surface area contributed by atoms with Crippen LogP contribution >= 0.6 is 0 Å². The molecule has 9 nitrogen and oxygen atoms in total. The fourth-order valence-corrected chi connectivity index (χ4v) is 4.85. The minimum Gasteiger partial charge on any atom is -0.481 e. The number of rotatable bonds is 7. The van der Waals surface area contributed by atoms with E-state index in [4.69, 9.17) is 5.26 Å². The highest BCUT2D eigenvalue weighted by Crippen LogP contribution is 2.33. The SMILES string of the molecule is N#Cc1ccc(CCNC(=O)[C@@H]2CCCN(c3cc(N4CCC(C(=O)O)CC4)nc(C(F)(F)F)n3)C2)cc1. The van der Waals surface area contributed by atoms with Gasteiger partial charge in [-0.05, 0) is 49.8 Å². The zero-order chi connectivity index (χ0) is 27.3. The summed E-state index contributed by atoms with van der Waals surface area (Å²) in [6, 6.07) is 10.7. The molecule has 2 aliphatic heterocycles. The van der Waals surface area contributed by atoms with Crippen molar-refractivity contribution in [2.75, 3.05) is 42.5 Å². The van der Waals surface area contributed by atoms with Gasteiger partial charge in [0.2, 0.25) is 11.7 Å². The molecule has 0 saturated carbocycles. The van der Waals surface area contributed by atoms with Gasteiger partial charge in [0.25, 0.3) is 0 Å². The van der Waals surface area contributed by atoms with Gasteiger partial charge in [0.1, 0.15) is 11.6 Å². The molecule has 1 atom stereocenters. The summed E-state index contributed by atoms with van der Waals surface area (Å²) in [6.45, 7) is 1.68. The Hall–Kier alpha value is -3.88. The molecule has 1 aromatic carbocycles. The molecule has 2 N–H and O–H groups in total. The lowest BCUT2D eigenvalue weighted by Crippen LogP contribution is -2.44. The second-order valence-electron chi connectivity index (χ2n) is 9.64. The predicted octanol–water partition coefficient (Wildman–Crippen LogP) is 3.24. The van der Waals surface area contributed by atoms with Crippen molar-refractivity contribution in [2.45, 2.75) is 38.3 Å². The summed E-state index contributed by atoms with van der Waals surface area (Å²) in [5.41, 5.74) is 1.54. The van der Waals surface area contributed by atoms with E-state index in [2.05, 4.69) is 21.4 Å². The molecule has 0 spiro atoms. The van der Waals surface area contributed by atoms with E-state index in [0.717, 1.165) is 5.56 Å². The summed E-state index contributed by atoms with van der Waals surface area (Å²) in [5.74, 6) is -3.02. The summed E-state index contributed by atoms with van der Waals surface area (Å²) in [6.07, 6.45) is -2.27. The molecule has 3 heterocycles. The van der Waals surface area contributed by atoms with E-state index in [0.29, 0.717) is 50.8 Å². The molecule has 4 rings (SSSR count). The van der Waals surface area contributed by atoms with Crippen LogP contribution in [0, 0.1) is 23.2 Å². The van der Waals surface area contributed by atoms with E-state index in [-0.39, 0.29) is 37.2 Å². The number of carboxylic acids is 1. The van der Waals surface area contributed by atoms with Gasteiger partial charge in [-0.3, -0.25) is 9.59 Å². The number of nitriles is 1. The number of benzene rings is 1. The Morgan fingerprint density at radius 2 is 1.68 bits per heavy atom. The van der Waals surface area contributed by atoms with Crippen LogP contribution in [0.5, 0.6) is 0 Å². The predicted molar refractivity (Wildman–Crippen MR) is 132 cm³/mol. The van der Waals surface area contributed by atoms with Gasteiger partial charge >= 0.3 is 12.1 Å². The number of hydrogen-bond acceptors (Lipinski definition) is 7. The van der Waals surface area contributed by atoms with E-state index in [1.807, 2.05) is 12.1 Å². The van der Waals surface area contributed by atoms with Crippen molar-refractivity contribution in [1.29, 1.82) is 5.26 Å². The van der Waals surface area contributed by atoms with Crippen LogP contribution in [-0.4, -0.2) is 59.7 Å². The molecule has 0 unspecified atom stereocenters. The fourth-order valence-electron chi connectivity index (χ4n) is 4.85. The number of carboxylic acid groups (broad SMARTS) is 1. The van der Waals surface area contributed by atoms with E-state index in [1.54, 1.807) is 21.9 Å². The zero-order valence-electron chi connectivity index (χ0n) is 20.7. The first-order chi connectivity index (χ1) is 18.1. The number of aliphatic carboxylic acids is 1. The van der Waals surface area contributed by atoms with Gasteiger partial charge in [0.05, 0.1) is 23.5 Å². The molecule has 2 fully saturated rings. The Kier molecular flexibility index (Phi) is 8.34. The van der Waals surface area contributed by atoms with Crippen molar-refractivity contribution in [3.05, 3.63) is 47.3 Å². The standard InChI is InChI=1S/C26H29F3N6O3/c27-26(28,29)25-32-21(34-12-8-19(9-13-34)24(37)38)14-22(33-25)35-11-1-2-20(16-35)23(36)31-10-7-17-3-5-18(15-30)6-4-17/h3-6,14,19-20H,1-2,7-13,16H2,(H,31,36)(H,37,38)/t20-/m1/s1. The maximum atomic E-state index is 13.7. The average molecular weight is 531 g/mol. The van der Waals surface area contributed by atoms with Crippen molar-refractivity contribution >= 4 is 23.5 Å². The number of hydrogen-bond donors (Lipinski definition) is 2. The number of amides is 1. The molecule has 1 aromatic heterocycles. The van der Waals surface area contributed by atoms with E-state index in [9.17, 15) is 27.9 Å². The first-order valence-corrected chi connectivity index (χ1v) is 12.6. The third-order valence-electron chi connectivity index (χ3n) is 7.03. The number of aromatic nitrogens is 2. The van der Waals surface area contributed by atoms with Crippen molar-refractivity contribution in [3.63, 3.8) is 0 Å². The lowest BCUT2D eigenvalue weighted by Gasteiger charge is -2.35. The second kappa shape index (κ2) is 11.7. The van der Waals surface area contributed by atoms with E-state index >= 15 is 0 Å². The number of nitrogens with one attached hydrogen (secondary N) is 1. The molecule has 38 heavy (non-hydrogen) atoms. The molecule has 1 amide bonds. The van der Waals surface area contributed by atoms with Gasteiger partial charge in [-0.25, -0.2) is 9.97 Å². The topological polar surface area (TPSA) is 122 Å². The highest BCUT2D eigenvalue weighted by molar-refractivity contribution is 5.79. The van der Waals surface area contributed by atoms with Crippen LogP contribution in [0.1, 0.15) is 42.6 Å². The quantitative estimate of drug-likeness (QED) is 0.560. The first kappa shape index (κ1) is 27.2. The van der Waals surface area contributed by atoms with Crippen molar-refractivity contribution in [2.24, 2.45) is 11.8 Å². The van der Waals surface area contributed by atoms with Gasteiger partial charge in [-0.2, -0.15) is 18.4 Å². The molecular weight excluding hydrogens is 501 g/mol. The number of piperidine rings is 2. The Labute approximate surface area is 218 Å². The first-order valence-electron chi connectivity index (χ1n) is 12.6. The van der Waals surface area contributed by atoms with E-state index in [1.165, 1.54) is 6.07 Å². The number of nitrogens with zero attached hydrogens (tertiary/aromatic N) is 5. The molecular formula is C26H29F3N6O3. The minimum atomic E-state index is -4.75. The van der Waals surface area contributed by atoms with Gasteiger partial charge in [-0.1, -0.05) is 12.1 Å². The molecule has 0 radical (unpaired) electrons. The number of anilines is 2. The molecule has 2 saturated heterocycles. The van der Waals surface area contributed by atoms with Crippen molar-refractivity contribution < 1.29 is 27.9 Å². The highest BCUT2D eigenvalue weighted by Gasteiger charge is 2.37. The number of carbonyl (C=O) groups excluding carboxylic acids is 1. The maximum Gasteiger partial charge on any atom is 0.451 e. The monoisotopic (exact) mass is 530 g/mol. The minimum absolute atomic E-state index is 0.109. The number of carbonyl (C=O) groups is 2. The molecule has 0 bridgehead atoms. The third kappa shape index (κ3) is 6.70. The van der Waals surface area contributed by atoms with Gasteiger partial charge in [-0.15, -0.1) is 0 Å². The summed E-state index contributed by atoms with van der Waals surface area (Å²) in [7, 11) is 0. The van der Waals surface area contributed by atoms with Crippen LogP contribution in [0.2, 0.25) is 0 Å². The van der Waals surface area contributed by atoms with Crippen LogP contribution in [0.4, 0.5) is 24.8 Å². The maximum absolute atomic E-state index is 13.7. The molecule has 12 heteroatoms.